The molecule has 0 spiro atoms. The Kier molecular flexibility index (Phi) is 2.29. The number of rotatable bonds is 0. The van der Waals surface area contributed by atoms with E-state index in [-0.39, 0.29) is 5.41 Å². The third-order valence-electron chi connectivity index (χ3n) is 4.39. The molecule has 0 aromatic rings. The highest BCUT2D eigenvalue weighted by Gasteiger charge is 2.46. The second kappa shape index (κ2) is 3.22. The maximum absolute atomic E-state index is 12.0. The van der Waals surface area contributed by atoms with E-state index in [1.807, 2.05) is 0 Å². The van der Waals surface area contributed by atoms with E-state index in [1.54, 1.807) is 0 Å². The van der Waals surface area contributed by atoms with Gasteiger partial charge in [-0.05, 0) is 38.0 Å². The Morgan fingerprint density at radius 3 is 2.93 bits per heavy atom. The summed E-state index contributed by atoms with van der Waals surface area (Å²) >= 11 is 0. The number of Topliss-reactive ketones (excluding diaryl/α,β-unsaturated/α-hetero) is 1. The summed E-state index contributed by atoms with van der Waals surface area (Å²) in [6, 6.07) is 0. The van der Waals surface area contributed by atoms with Crippen LogP contribution >= 0.6 is 0 Å². The smallest absolute Gasteiger partial charge is 0.139 e. The van der Waals surface area contributed by atoms with Gasteiger partial charge in [0, 0.05) is 11.8 Å². The van der Waals surface area contributed by atoms with Crippen LogP contribution in [0.4, 0.5) is 0 Å². The number of hydrogen-bond donors (Lipinski definition) is 0. The standard InChI is InChI=1S/C13H20O/c1-9-6-7-13(3)11(8-9)10(2)4-5-12(13)14/h6,10-11H,4-5,7-8H2,1-3H3/t10-,11-,13-/m0/s1. The van der Waals surface area contributed by atoms with Crippen molar-refractivity contribution in [2.24, 2.45) is 17.3 Å². The van der Waals surface area contributed by atoms with Gasteiger partial charge in [0.2, 0.25) is 0 Å². The van der Waals surface area contributed by atoms with Gasteiger partial charge in [-0.25, -0.2) is 0 Å². The number of carbonyl (C=O) groups is 1. The third-order valence-corrected chi connectivity index (χ3v) is 4.39. The van der Waals surface area contributed by atoms with Crippen molar-refractivity contribution < 1.29 is 4.79 Å². The van der Waals surface area contributed by atoms with Crippen molar-refractivity contribution in [2.45, 2.75) is 46.5 Å². The monoisotopic (exact) mass is 192 g/mol. The highest BCUT2D eigenvalue weighted by molar-refractivity contribution is 5.86. The van der Waals surface area contributed by atoms with Crippen LogP contribution in [0.1, 0.15) is 46.5 Å². The number of carbonyl (C=O) groups excluding carboxylic acids is 1. The van der Waals surface area contributed by atoms with Crippen molar-refractivity contribution in [3.05, 3.63) is 11.6 Å². The Balaban J connectivity index is 2.33. The normalized spacial score (nSPS) is 43.1. The molecule has 0 aromatic heterocycles. The molecule has 1 fully saturated rings. The van der Waals surface area contributed by atoms with E-state index < -0.39 is 0 Å². The average molecular weight is 192 g/mol. The molecule has 3 atom stereocenters. The molecule has 0 amide bonds. The molecule has 0 radical (unpaired) electrons. The molecule has 0 aliphatic heterocycles. The minimum Gasteiger partial charge on any atom is -0.299 e. The van der Waals surface area contributed by atoms with Crippen LogP contribution in [-0.4, -0.2) is 5.78 Å². The molecule has 0 bridgehead atoms. The number of ketones is 1. The molecule has 1 heteroatoms. The lowest BCUT2D eigenvalue weighted by Gasteiger charge is -2.46. The van der Waals surface area contributed by atoms with Gasteiger partial charge in [0.05, 0.1) is 0 Å². The van der Waals surface area contributed by atoms with Crippen molar-refractivity contribution in [1.82, 2.24) is 0 Å². The quantitative estimate of drug-likeness (QED) is 0.538. The van der Waals surface area contributed by atoms with Crippen molar-refractivity contribution in [3.8, 4) is 0 Å². The van der Waals surface area contributed by atoms with Gasteiger partial charge in [0.25, 0.3) is 0 Å². The fourth-order valence-corrected chi connectivity index (χ4v) is 3.19. The topological polar surface area (TPSA) is 17.1 Å². The van der Waals surface area contributed by atoms with Crippen LogP contribution in [0.25, 0.3) is 0 Å². The summed E-state index contributed by atoms with van der Waals surface area (Å²) in [6.45, 7) is 6.69. The molecule has 1 nitrogen and oxygen atoms in total. The minimum absolute atomic E-state index is 0.0306. The van der Waals surface area contributed by atoms with E-state index in [0.717, 1.165) is 31.6 Å². The van der Waals surface area contributed by atoms with Crippen LogP contribution < -0.4 is 0 Å². The predicted octanol–water partition coefficient (Wildman–Crippen LogP) is 3.35. The first-order valence-electron chi connectivity index (χ1n) is 5.73. The van der Waals surface area contributed by atoms with Crippen molar-refractivity contribution in [1.29, 1.82) is 0 Å². The summed E-state index contributed by atoms with van der Waals surface area (Å²) in [5, 5.41) is 0. The summed E-state index contributed by atoms with van der Waals surface area (Å²) in [5.41, 5.74) is 1.45. The van der Waals surface area contributed by atoms with E-state index in [1.165, 1.54) is 5.57 Å². The Bertz CT molecular complexity index is 290. The molecule has 0 unspecified atom stereocenters. The second-order valence-corrected chi connectivity index (χ2v) is 5.42. The lowest BCUT2D eigenvalue weighted by atomic mass is 9.57. The molecular formula is C13H20O. The molecule has 2 aliphatic rings. The first-order chi connectivity index (χ1) is 6.54. The van der Waals surface area contributed by atoms with Crippen LogP contribution in [-0.2, 0) is 4.79 Å². The Morgan fingerprint density at radius 2 is 2.21 bits per heavy atom. The van der Waals surface area contributed by atoms with E-state index >= 15 is 0 Å². The maximum Gasteiger partial charge on any atom is 0.139 e. The first kappa shape index (κ1) is 9.95. The van der Waals surface area contributed by atoms with Crippen LogP contribution in [0.3, 0.4) is 0 Å². The summed E-state index contributed by atoms with van der Waals surface area (Å²) in [4.78, 5) is 12.0. The van der Waals surface area contributed by atoms with Gasteiger partial charge in [-0.15, -0.1) is 0 Å². The van der Waals surface area contributed by atoms with Crippen LogP contribution in [0.5, 0.6) is 0 Å². The molecule has 1 saturated carbocycles. The summed E-state index contributed by atoms with van der Waals surface area (Å²) < 4.78 is 0. The zero-order valence-corrected chi connectivity index (χ0v) is 9.47. The fourth-order valence-electron chi connectivity index (χ4n) is 3.19. The van der Waals surface area contributed by atoms with Gasteiger partial charge in [-0.1, -0.05) is 25.5 Å². The van der Waals surface area contributed by atoms with Gasteiger partial charge in [0.1, 0.15) is 5.78 Å². The highest BCUT2D eigenvalue weighted by atomic mass is 16.1. The first-order valence-corrected chi connectivity index (χ1v) is 5.73. The second-order valence-electron chi connectivity index (χ2n) is 5.42. The molecule has 0 heterocycles. The van der Waals surface area contributed by atoms with E-state index in [4.69, 9.17) is 0 Å². The van der Waals surface area contributed by atoms with E-state index in [9.17, 15) is 4.79 Å². The molecule has 0 aromatic carbocycles. The zero-order chi connectivity index (χ0) is 10.3. The summed E-state index contributed by atoms with van der Waals surface area (Å²) in [6.07, 6.45) is 6.30. The average Bonchev–Trinajstić information content (AvgIpc) is 2.16. The molecule has 14 heavy (non-hydrogen) atoms. The highest BCUT2D eigenvalue weighted by Crippen LogP contribution is 2.49. The largest absolute Gasteiger partial charge is 0.299 e. The zero-order valence-electron chi connectivity index (χ0n) is 9.47. The number of hydrogen-bond acceptors (Lipinski definition) is 1. The molecule has 0 saturated heterocycles. The van der Waals surface area contributed by atoms with Crippen LogP contribution in [0, 0.1) is 17.3 Å². The Hall–Kier alpha value is -0.590. The molecule has 2 rings (SSSR count). The molecule has 2 aliphatic carbocycles. The van der Waals surface area contributed by atoms with Crippen LogP contribution in [0.15, 0.2) is 11.6 Å². The lowest BCUT2D eigenvalue weighted by Crippen LogP contribution is -2.44. The van der Waals surface area contributed by atoms with Crippen molar-refractivity contribution in [2.75, 3.05) is 0 Å². The van der Waals surface area contributed by atoms with Crippen molar-refractivity contribution in [3.63, 3.8) is 0 Å². The van der Waals surface area contributed by atoms with E-state index in [2.05, 4.69) is 26.8 Å². The summed E-state index contributed by atoms with van der Waals surface area (Å²) in [5.74, 6) is 1.83. The number of fused-ring (bicyclic) bond motifs is 1. The predicted molar refractivity (Wildman–Crippen MR) is 58.0 cm³/mol. The van der Waals surface area contributed by atoms with E-state index in [0.29, 0.717) is 11.7 Å². The SMILES string of the molecule is CC1=CC[C@]2(C)C(=O)CC[C@H](C)[C@@H]2C1. The van der Waals surface area contributed by atoms with Gasteiger partial charge < -0.3 is 0 Å². The van der Waals surface area contributed by atoms with Gasteiger partial charge in [-0.2, -0.15) is 0 Å². The maximum atomic E-state index is 12.0. The Morgan fingerprint density at radius 1 is 1.50 bits per heavy atom. The van der Waals surface area contributed by atoms with Crippen molar-refractivity contribution >= 4 is 5.78 Å². The van der Waals surface area contributed by atoms with Crippen LogP contribution in [0.2, 0.25) is 0 Å². The lowest BCUT2D eigenvalue weighted by molar-refractivity contribution is -0.136. The van der Waals surface area contributed by atoms with Gasteiger partial charge in [0.15, 0.2) is 0 Å². The summed E-state index contributed by atoms with van der Waals surface area (Å²) in [7, 11) is 0. The fraction of sp³-hybridized carbons (Fsp3) is 0.769. The van der Waals surface area contributed by atoms with Gasteiger partial charge in [-0.3, -0.25) is 4.79 Å². The molecular weight excluding hydrogens is 172 g/mol. The molecule has 0 N–H and O–H groups in total. The molecule has 78 valence electrons. The minimum atomic E-state index is -0.0306. The third kappa shape index (κ3) is 1.34. The van der Waals surface area contributed by atoms with Gasteiger partial charge >= 0.3 is 0 Å². The number of allylic oxidation sites excluding steroid dienone is 2. The Labute approximate surface area is 86.6 Å².